The Balaban J connectivity index is 2.18. The first-order valence-electron chi connectivity index (χ1n) is 6.39. The average Bonchev–Trinajstić information content (AvgIpc) is 2.45. The fourth-order valence-electron chi connectivity index (χ4n) is 2.06. The van der Waals surface area contributed by atoms with E-state index < -0.39 is 0 Å². The molecule has 0 aromatic heterocycles. The van der Waals surface area contributed by atoms with Gasteiger partial charge in [-0.05, 0) is 48.6 Å². The van der Waals surface area contributed by atoms with Crippen LogP contribution in [0.5, 0.6) is 0 Å². The van der Waals surface area contributed by atoms with E-state index in [-0.39, 0.29) is 6.04 Å². The number of thioether (sulfide) groups is 1. The van der Waals surface area contributed by atoms with Gasteiger partial charge >= 0.3 is 0 Å². The molecule has 0 heterocycles. The van der Waals surface area contributed by atoms with Gasteiger partial charge in [-0.15, -0.1) is 11.8 Å². The summed E-state index contributed by atoms with van der Waals surface area (Å²) in [6.45, 7) is 2.18. The molecule has 0 amide bonds. The molecule has 1 nitrogen and oxygen atoms in total. The number of hydrogen-bond acceptors (Lipinski definition) is 2. The summed E-state index contributed by atoms with van der Waals surface area (Å²) >= 11 is 7.82. The van der Waals surface area contributed by atoms with Crippen molar-refractivity contribution in [2.45, 2.75) is 24.3 Å². The molecule has 1 N–H and O–H groups in total. The van der Waals surface area contributed by atoms with E-state index in [2.05, 4.69) is 48.8 Å². The van der Waals surface area contributed by atoms with Crippen LogP contribution in [0, 0.1) is 0 Å². The minimum absolute atomic E-state index is 0.288. The molecule has 3 heteroatoms. The van der Waals surface area contributed by atoms with Gasteiger partial charge in [0.25, 0.3) is 0 Å². The Hall–Kier alpha value is -1.12. The maximum absolute atomic E-state index is 6.07. The summed E-state index contributed by atoms with van der Waals surface area (Å²) in [7, 11) is 0. The van der Waals surface area contributed by atoms with Crippen molar-refractivity contribution in [2.75, 3.05) is 11.6 Å². The molecule has 0 aliphatic rings. The van der Waals surface area contributed by atoms with E-state index in [1.165, 1.54) is 10.5 Å². The predicted molar refractivity (Wildman–Crippen MR) is 86.3 cm³/mol. The zero-order valence-electron chi connectivity index (χ0n) is 11.2. The second kappa shape index (κ2) is 6.88. The van der Waals surface area contributed by atoms with Gasteiger partial charge in [0.2, 0.25) is 0 Å². The van der Waals surface area contributed by atoms with Gasteiger partial charge in [-0.25, -0.2) is 0 Å². The van der Waals surface area contributed by atoms with Crippen LogP contribution in [0.3, 0.4) is 0 Å². The summed E-state index contributed by atoms with van der Waals surface area (Å²) in [5.74, 6) is 0. The zero-order valence-corrected chi connectivity index (χ0v) is 12.8. The van der Waals surface area contributed by atoms with Crippen molar-refractivity contribution in [3.05, 3.63) is 59.1 Å². The molecular formula is C16H18ClNS. The zero-order chi connectivity index (χ0) is 13.7. The van der Waals surface area contributed by atoms with Crippen molar-refractivity contribution < 1.29 is 0 Å². The van der Waals surface area contributed by atoms with Crippen molar-refractivity contribution >= 4 is 29.1 Å². The number of halogens is 1. The van der Waals surface area contributed by atoms with E-state index in [1.807, 2.05) is 18.2 Å². The standard InChI is InChI=1S/C16H18ClNS/c1-3-16(12-6-4-7-13(17)10-12)18-14-8-5-9-15(11-14)19-2/h4-11,16,18H,3H2,1-2H3. The largest absolute Gasteiger partial charge is 0.378 e. The Morgan fingerprint density at radius 2 is 1.95 bits per heavy atom. The molecular weight excluding hydrogens is 274 g/mol. The fourth-order valence-corrected chi connectivity index (χ4v) is 2.72. The molecule has 0 saturated heterocycles. The van der Waals surface area contributed by atoms with Crippen molar-refractivity contribution in [3.63, 3.8) is 0 Å². The maximum Gasteiger partial charge on any atom is 0.0511 e. The molecule has 19 heavy (non-hydrogen) atoms. The van der Waals surface area contributed by atoms with Crippen LogP contribution in [0.2, 0.25) is 5.02 Å². The van der Waals surface area contributed by atoms with E-state index >= 15 is 0 Å². The van der Waals surface area contributed by atoms with Gasteiger partial charge in [0.05, 0.1) is 6.04 Å². The first-order chi connectivity index (χ1) is 9.22. The summed E-state index contributed by atoms with van der Waals surface area (Å²) in [5, 5.41) is 4.36. The summed E-state index contributed by atoms with van der Waals surface area (Å²) in [6, 6.07) is 16.8. The molecule has 0 aliphatic carbocycles. The quantitative estimate of drug-likeness (QED) is 0.717. The monoisotopic (exact) mass is 291 g/mol. The normalized spacial score (nSPS) is 12.2. The molecule has 0 radical (unpaired) electrons. The van der Waals surface area contributed by atoms with Crippen LogP contribution >= 0.6 is 23.4 Å². The highest BCUT2D eigenvalue weighted by Crippen LogP contribution is 2.26. The first-order valence-corrected chi connectivity index (χ1v) is 7.99. The van der Waals surface area contributed by atoms with Gasteiger partial charge in [0, 0.05) is 15.6 Å². The first kappa shape index (κ1) is 14.3. The number of anilines is 1. The van der Waals surface area contributed by atoms with Gasteiger partial charge in [0.1, 0.15) is 0 Å². The van der Waals surface area contributed by atoms with E-state index in [1.54, 1.807) is 11.8 Å². The summed E-state index contributed by atoms with van der Waals surface area (Å²) in [4.78, 5) is 1.27. The van der Waals surface area contributed by atoms with Crippen molar-refractivity contribution in [1.29, 1.82) is 0 Å². The number of nitrogens with one attached hydrogen (secondary N) is 1. The van der Waals surface area contributed by atoms with Crippen molar-refractivity contribution in [1.82, 2.24) is 0 Å². The van der Waals surface area contributed by atoms with Gasteiger partial charge in [-0.2, -0.15) is 0 Å². The lowest BCUT2D eigenvalue weighted by Gasteiger charge is -2.19. The van der Waals surface area contributed by atoms with Crippen LogP contribution in [0.25, 0.3) is 0 Å². The number of benzene rings is 2. The minimum atomic E-state index is 0.288. The summed E-state index contributed by atoms with van der Waals surface area (Å²) < 4.78 is 0. The molecule has 0 aliphatic heterocycles. The Bertz CT molecular complexity index is 542. The molecule has 0 fully saturated rings. The van der Waals surface area contributed by atoms with Crippen LogP contribution in [-0.4, -0.2) is 6.26 Å². The van der Waals surface area contributed by atoms with Crippen molar-refractivity contribution in [3.8, 4) is 0 Å². The predicted octanol–water partition coefficient (Wildman–Crippen LogP) is 5.63. The van der Waals surface area contributed by atoms with Gasteiger partial charge in [0.15, 0.2) is 0 Å². The summed E-state index contributed by atoms with van der Waals surface area (Å²) in [6.07, 6.45) is 3.11. The Kier molecular flexibility index (Phi) is 5.17. The molecule has 0 spiro atoms. The molecule has 2 aromatic rings. The topological polar surface area (TPSA) is 12.0 Å². The van der Waals surface area contributed by atoms with Crippen molar-refractivity contribution in [2.24, 2.45) is 0 Å². The second-order valence-corrected chi connectivity index (χ2v) is 5.71. The highest BCUT2D eigenvalue weighted by atomic mass is 35.5. The lowest BCUT2D eigenvalue weighted by atomic mass is 10.0. The van der Waals surface area contributed by atoms with E-state index in [9.17, 15) is 0 Å². The highest BCUT2D eigenvalue weighted by molar-refractivity contribution is 7.98. The third kappa shape index (κ3) is 3.92. The molecule has 100 valence electrons. The van der Waals surface area contributed by atoms with Crippen LogP contribution < -0.4 is 5.32 Å². The van der Waals surface area contributed by atoms with E-state index in [4.69, 9.17) is 11.6 Å². The van der Waals surface area contributed by atoms with Crippen LogP contribution in [0.15, 0.2) is 53.4 Å². The smallest absolute Gasteiger partial charge is 0.0511 e. The third-order valence-electron chi connectivity index (χ3n) is 3.07. The lowest BCUT2D eigenvalue weighted by molar-refractivity contribution is 0.749. The molecule has 1 atom stereocenters. The van der Waals surface area contributed by atoms with E-state index in [0.717, 1.165) is 17.1 Å². The Morgan fingerprint density at radius 1 is 1.16 bits per heavy atom. The fraction of sp³-hybridized carbons (Fsp3) is 0.250. The van der Waals surface area contributed by atoms with Crippen LogP contribution in [0.4, 0.5) is 5.69 Å². The molecule has 0 bridgehead atoms. The van der Waals surface area contributed by atoms with Gasteiger partial charge in [-0.1, -0.05) is 36.7 Å². The highest BCUT2D eigenvalue weighted by Gasteiger charge is 2.09. The lowest BCUT2D eigenvalue weighted by Crippen LogP contribution is -2.09. The molecule has 1 unspecified atom stereocenters. The summed E-state index contributed by atoms with van der Waals surface area (Å²) in [5.41, 5.74) is 2.38. The second-order valence-electron chi connectivity index (χ2n) is 4.39. The molecule has 2 aromatic carbocycles. The van der Waals surface area contributed by atoms with E-state index in [0.29, 0.717) is 0 Å². The third-order valence-corrected chi connectivity index (χ3v) is 4.03. The molecule has 2 rings (SSSR count). The van der Waals surface area contributed by atoms with Crippen LogP contribution in [-0.2, 0) is 0 Å². The van der Waals surface area contributed by atoms with Gasteiger partial charge < -0.3 is 5.32 Å². The van der Waals surface area contributed by atoms with Gasteiger partial charge in [-0.3, -0.25) is 0 Å². The average molecular weight is 292 g/mol. The minimum Gasteiger partial charge on any atom is -0.378 e. The maximum atomic E-state index is 6.07. The number of hydrogen-bond donors (Lipinski definition) is 1. The SMILES string of the molecule is CCC(Nc1cccc(SC)c1)c1cccc(Cl)c1. The Morgan fingerprint density at radius 3 is 2.63 bits per heavy atom. The Labute approximate surface area is 124 Å². The van der Waals surface area contributed by atoms with Crippen LogP contribution in [0.1, 0.15) is 24.9 Å². The molecule has 0 saturated carbocycles. The number of rotatable bonds is 5.